The molecule has 1 aromatic heterocycles. The third-order valence-electron chi connectivity index (χ3n) is 5.78. The number of ether oxygens (including phenoxy) is 2. The number of nitrogens with one attached hydrogen (secondary N) is 2. The third-order valence-corrected chi connectivity index (χ3v) is 5.78. The maximum absolute atomic E-state index is 7.00. The minimum Gasteiger partial charge on any atom is -0.496 e. The second-order valence-corrected chi connectivity index (χ2v) is 8.22. The first-order chi connectivity index (χ1) is 16.6. The van der Waals surface area contributed by atoms with Gasteiger partial charge in [-0.25, -0.2) is 4.98 Å². The van der Waals surface area contributed by atoms with Crippen LogP contribution in [0.15, 0.2) is 18.2 Å². The maximum atomic E-state index is 7.00. The Bertz CT molecular complexity index is 859. The molecular weight excluding hydrogens is 432 g/mol. The summed E-state index contributed by atoms with van der Waals surface area (Å²) >= 11 is 0. The van der Waals surface area contributed by atoms with Crippen LogP contribution in [0.4, 0.5) is 11.8 Å². The number of unbranched alkanes of at least 4 members (excludes halogenated alkanes) is 1. The number of methoxy groups -OCH3 is 1. The normalized spacial score (nSPS) is 13.7. The molecule has 3 rings (SSSR count). The Morgan fingerprint density at radius 3 is 2.65 bits per heavy atom. The number of piperazine rings is 1. The first-order valence-electron chi connectivity index (χ1n) is 12.1. The average molecular weight is 475 g/mol. The predicted octanol–water partition coefficient (Wildman–Crippen LogP) is 2.46. The zero-order valence-electron chi connectivity index (χ0n) is 21.2. The highest BCUT2D eigenvalue weighted by atomic mass is 16.5. The van der Waals surface area contributed by atoms with Crippen molar-refractivity contribution in [1.29, 1.82) is 0 Å². The Labute approximate surface area is 204 Å². The van der Waals surface area contributed by atoms with E-state index in [9.17, 15) is 0 Å². The molecule has 5 N–H and O–H groups in total. The van der Waals surface area contributed by atoms with Crippen molar-refractivity contribution in [3.8, 4) is 11.5 Å². The average Bonchev–Trinajstić information content (AvgIpc) is 2.86. The highest BCUT2D eigenvalue weighted by Gasteiger charge is 2.15. The van der Waals surface area contributed by atoms with Gasteiger partial charge >= 0.3 is 0 Å². The maximum Gasteiger partial charge on any atom is 0.222 e. The van der Waals surface area contributed by atoms with Gasteiger partial charge in [0.1, 0.15) is 17.3 Å². The van der Waals surface area contributed by atoms with E-state index in [0.29, 0.717) is 19.0 Å². The third kappa shape index (κ3) is 8.62. The summed E-state index contributed by atoms with van der Waals surface area (Å²) in [6.07, 6.45) is 3.87. The van der Waals surface area contributed by atoms with E-state index < -0.39 is 0 Å². The number of nitrogens with two attached hydrogens (primary N) is 1. The van der Waals surface area contributed by atoms with Crippen molar-refractivity contribution in [1.82, 2.24) is 20.2 Å². The van der Waals surface area contributed by atoms with Crippen LogP contribution < -0.4 is 25.8 Å². The molecule has 0 atom stereocenters. The zero-order chi connectivity index (χ0) is 24.8. The second-order valence-electron chi connectivity index (χ2n) is 8.22. The number of benzene rings is 1. The molecule has 0 radical (unpaired) electrons. The molecule has 1 aliphatic rings. The van der Waals surface area contributed by atoms with Crippen LogP contribution in [0, 0.1) is 6.92 Å². The number of nitrogens with zero attached hydrogens (tertiary/aromatic N) is 3. The van der Waals surface area contributed by atoms with Gasteiger partial charge in [0.25, 0.3) is 0 Å². The monoisotopic (exact) mass is 474 g/mol. The van der Waals surface area contributed by atoms with Gasteiger partial charge < -0.3 is 35.8 Å². The van der Waals surface area contributed by atoms with Crippen LogP contribution in [0.5, 0.6) is 11.5 Å². The smallest absolute Gasteiger partial charge is 0.222 e. The van der Waals surface area contributed by atoms with E-state index in [2.05, 4.69) is 38.5 Å². The molecule has 190 valence electrons. The van der Waals surface area contributed by atoms with Gasteiger partial charge in [0.05, 0.1) is 13.7 Å². The van der Waals surface area contributed by atoms with Crippen molar-refractivity contribution in [3.63, 3.8) is 0 Å². The highest BCUT2D eigenvalue weighted by Crippen LogP contribution is 2.30. The summed E-state index contributed by atoms with van der Waals surface area (Å²) < 4.78 is 11.7. The Morgan fingerprint density at radius 2 is 1.94 bits per heavy atom. The number of rotatable bonds is 12. The summed E-state index contributed by atoms with van der Waals surface area (Å²) in [6.45, 7) is 11.2. The Morgan fingerprint density at radius 1 is 1.18 bits per heavy atom. The van der Waals surface area contributed by atoms with Crippen LogP contribution in [0.1, 0.15) is 43.0 Å². The van der Waals surface area contributed by atoms with E-state index in [1.54, 1.807) is 7.11 Å². The Kier molecular flexibility index (Phi) is 12.4. The van der Waals surface area contributed by atoms with Crippen LogP contribution in [0.2, 0.25) is 0 Å². The molecule has 2 heterocycles. The molecule has 1 aromatic carbocycles. The van der Waals surface area contributed by atoms with Gasteiger partial charge in [0, 0.05) is 70.1 Å². The predicted molar refractivity (Wildman–Crippen MR) is 138 cm³/mol. The number of aryl methyl sites for hydroxylation is 1. The molecule has 0 bridgehead atoms. The topological polar surface area (TPSA) is 118 Å². The number of nitrogen functional groups attached to an aromatic ring is 1. The molecule has 1 fully saturated rings. The number of anilines is 2. The van der Waals surface area contributed by atoms with E-state index in [1.165, 1.54) is 0 Å². The van der Waals surface area contributed by atoms with Gasteiger partial charge in [0.15, 0.2) is 0 Å². The quantitative estimate of drug-likeness (QED) is 0.344. The fourth-order valence-electron chi connectivity index (χ4n) is 3.92. The number of aromatic nitrogens is 2. The van der Waals surface area contributed by atoms with E-state index in [-0.39, 0.29) is 0 Å². The first-order valence-corrected chi connectivity index (χ1v) is 12.1. The molecule has 0 aliphatic carbocycles. The molecule has 9 nitrogen and oxygen atoms in total. The molecule has 2 aromatic rings. The van der Waals surface area contributed by atoms with Gasteiger partial charge in [-0.2, -0.15) is 4.98 Å². The lowest BCUT2D eigenvalue weighted by molar-refractivity contribution is 0.213. The van der Waals surface area contributed by atoms with Crippen molar-refractivity contribution in [3.05, 3.63) is 35.0 Å². The number of hydrogen-bond donors (Lipinski definition) is 4. The summed E-state index contributed by atoms with van der Waals surface area (Å²) in [4.78, 5) is 11.3. The summed E-state index contributed by atoms with van der Waals surface area (Å²) in [5, 5.41) is 13.8. The molecule has 34 heavy (non-hydrogen) atoms. The fraction of sp³-hybridized carbons (Fsp3) is 0.600. The fourth-order valence-corrected chi connectivity index (χ4v) is 3.92. The standard InChI is InChI=1S/C24H38N6O2.CH4O/c1-4-5-9-27-23-21(18(2)28-24(25)29-23)16-19-7-8-20(17-22(19)31-3)32-15-6-12-30-13-10-26-11-14-30;1-2/h7-8,17,26H,4-6,9-16H2,1-3H3,(H3,25,27,28,29);2H,1H3. The van der Waals surface area contributed by atoms with Gasteiger partial charge in [-0.3, -0.25) is 0 Å². The summed E-state index contributed by atoms with van der Waals surface area (Å²) in [6, 6.07) is 6.05. The van der Waals surface area contributed by atoms with Crippen molar-refractivity contribution in [2.24, 2.45) is 0 Å². The van der Waals surface area contributed by atoms with Crippen LogP contribution in [-0.2, 0) is 6.42 Å². The van der Waals surface area contributed by atoms with Crippen LogP contribution in [0.3, 0.4) is 0 Å². The van der Waals surface area contributed by atoms with Crippen molar-refractivity contribution in [2.45, 2.75) is 39.5 Å². The largest absolute Gasteiger partial charge is 0.496 e. The van der Waals surface area contributed by atoms with E-state index in [0.717, 1.165) is 99.8 Å². The van der Waals surface area contributed by atoms with Crippen molar-refractivity contribution >= 4 is 11.8 Å². The summed E-state index contributed by atoms with van der Waals surface area (Å²) in [7, 11) is 2.69. The molecular formula is C25H42N6O3. The van der Waals surface area contributed by atoms with E-state index >= 15 is 0 Å². The molecule has 9 heteroatoms. The van der Waals surface area contributed by atoms with Gasteiger partial charge in [-0.05, 0) is 31.4 Å². The molecule has 0 saturated carbocycles. The second kappa shape index (κ2) is 15.3. The Balaban J connectivity index is 0.00000199. The summed E-state index contributed by atoms with van der Waals surface area (Å²) in [5.41, 5.74) is 8.88. The lowest BCUT2D eigenvalue weighted by Crippen LogP contribution is -2.43. The van der Waals surface area contributed by atoms with Crippen LogP contribution in [0.25, 0.3) is 0 Å². The summed E-state index contributed by atoms with van der Waals surface area (Å²) in [5.74, 6) is 2.73. The van der Waals surface area contributed by atoms with Crippen LogP contribution in [-0.4, -0.2) is 80.1 Å². The number of hydrogen-bond acceptors (Lipinski definition) is 9. The molecule has 1 aliphatic heterocycles. The number of aliphatic hydroxyl groups is 1. The van der Waals surface area contributed by atoms with Crippen molar-refractivity contribution < 1.29 is 14.6 Å². The van der Waals surface area contributed by atoms with Gasteiger partial charge in [-0.1, -0.05) is 19.4 Å². The van der Waals surface area contributed by atoms with E-state index in [1.807, 2.05) is 19.1 Å². The molecule has 1 saturated heterocycles. The lowest BCUT2D eigenvalue weighted by atomic mass is 10.0. The Hall–Kier alpha value is -2.62. The molecule has 0 spiro atoms. The van der Waals surface area contributed by atoms with Gasteiger partial charge in [-0.15, -0.1) is 0 Å². The van der Waals surface area contributed by atoms with Gasteiger partial charge in [0.2, 0.25) is 5.95 Å². The highest BCUT2D eigenvalue weighted by molar-refractivity contribution is 5.53. The minimum atomic E-state index is 0.293. The minimum absolute atomic E-state index is 0.293. The zero-order valence-corrected chi connectivity index (χ0v) is 21.2. The first kappa shape index (κ1) is 27.6. The van der Waals surface area contributed by atoms with E-state index in [4.69, 9.17) is 20.3 Å². The SMILES string of the molecule is CCCCNc1nc(N)nc(C)c1Cc1ccc(OCCCN2CCNCC2)cc1OC.CO. The molecule has 0 amide bonds. The number of aliphatic hydroxyl groups excluding tert-OH is 1. The lowest BCUT2D eigenvalue weighted by Gasteiger charge is -2.27. The molecule has 0 unspecified atom stereocenters. The van der Waals surface area contributed by atoms with Crippen molar-refractivity contribution in [2.75, 3.05) is 71.1 Å². The van der Waals surface area contributed by atoms with Crippen LogP contribution >= 0.6 is 0 Å².